The van der Waals surface area contributed by atoms with Gasteiger partial charge in [0.2, 0.25) is 5.95 Å². The molecule has 0 unspecified atom stereocenters. The molecule has 0 radical (unpaired) electrons. The number of anilines is 1. The first kappa shape index (κ1) is 12.7. The van der Waals surface area contributed by atoms with Crippen molar-refractivity contribution in [2.45, 2.75) is 13.3 Å². The van der Waals surface area contributed by atoms with E-state index in [2.05, 4.69) is 32.5 Å². The van der Waals surface area contributed by atoms with Gasteiger partial charge in [-0.3, -0.25) is 0 Å². The molecule has 20 heavy (non-hydrogen) atoms. The number of rotatable bonds is 3. The molecule has 0 atom stereocenters. The first-order valence-corrected chi connectivity index (χ1v) is 7.18. The maximum Gasteiger partial charge on any atom is 0.220 e. The molecule has 0 saturated heterocycles. The molecular weight excluding hydrogens is 268 g/mol. The summed E-state index contributed by atoms with van der Waals surface area (Å²) in [5, 5.41) is 3.10. The van der Waals surface area contributed by atoms with Crippen LogP contribution in [0.3, 0.4) is 0 Å². The molecule has 0 aliphatic rings. The second-order valence-corrected chi connectivity index (χ2v) is 5.47. The van der Waals surface area contributed by atoms with Gasteiger partial charge in [-0.15, -0.1) is 11.3 Å². The number of benzene rings is 1. The molecule has 0 aliphatic heterocycles. The van der Waals surface area contributed by atoms with E-state index in [1.807, 2.05) is 31.2 Å². The van der Waals surface area contributed by atoms with Crippen molar-refractivity contribution in [2.75, 3.05) is 5.73 Å². The van der Waals surface area contributed by atoms with E-state index >= 15 is 0 Å². The van der Waals surface area contributed by atoms with Crippen LogP contribution in [-0.4, -0.2) is 15.0 Å². The highest BCUT2D eigenvalue weighted by atomic mass is 32.1. The summed E-state index contributed by atoms with van der Waals surface area (Å²) in [6, 6.07) is 12.1. The maximum absolute atomic E-state index is 5.67. The summed E-state index contributed by atoms with van der Waals surface area (Å²) in [5.74, 6) is 0.319. The zero-order valence-corrected chi connectivity index (χ0v) is 11.9. The molecule has 2 aromatic heterocycles. The summed E-state index contributed by atoms with van der Waals surface area (Å²) >= 11 is 1.64. The van der Waals surface area contributed by atoms with Gasteiger partial charge >= 0.3 is 0 Å². The van der Waals surface area contributed by atoms with Gasteiger partial charge in [0, 0.05) is 23.1 Å². The molecule has 0 saturated carbocycles. The quantitative estimate of drug-likeness (QED) is 0.801. The molecule has 100 valence electrons. The van der Waals surface area contributed by atoms with Crippen molar-refractivity contribution in [1.29, 1.82) is 0 Å². The number of aryl methyl sites for hydroxylation is 1. The van der Waals surface area contributed by atoms with Crippen LogP contribution in [0.5, 0.6) is 0 Å². The van der Waals surface area contributed by atoms with Crippen molar-refractivity contribution >= 4 is 17.3 Å². The number of aromatic nitrogens is 3. The first-order chi connectivity index (χ1) is 9.70. The van der Waals surface area contributed by atoms with Gasteiger partial charge in [-0.25, -0.2) is 15.0 Å². The third kappa shape index (κ3) is 2.83. The number of nitrogen functional groups attached to an aromatic ring is 1. The van der Waals surface area contributed by atoms with Crippen LogP contribution in [0, 0.1) is 6.92 Å². The van der Waals surface area contributed by atoms with Crippen LogP contribution in [-0.2, 0) is 6.42 Å². The van der Waals surface area contributed by atoms with E-state index in [0.717, 1.165) is 27.7 Å². The normalized spacial score (nSPS) is 10.7. The Balaban J connectivity index is 1.84. The summed E-state index contributed by atoms with van der Waals surface area (Å²) in [6.45, 7) is 1.92. The molecule has 0 amide bonds. The van der Waals surface area contributed by atoms with Crippen LogP contribution in [0.1, 0.15) is 16.4 Å². The van der Waals surface area contributed by atoms with E-state index in [0.29, 0.717) is 12.4 Å². The van der Waals surface area contributed by atoms with E-state index in [4.69, 9.17) is 5.73 Å². The van der Waals surface area contributed by atoms with Crippen molar-refractivity contribution in [3.63, 3.8) is 0 Å². The Kier molecular flexibility index (Phi) is 3.43. The molecule has 5 heteroatoms. The van der Waals surface area contributed by atoms with Crippen molar-refractivity contribution in [1.82, 2.24) is 15.0 Å². The highest BCUT2D eigenvalue weighted by Gasteiger charge is 2.07. The van der Waals surface area contributed by atoms with Crippen LogP contribution in [0.4, 0.5) is 5.95 Å². The summed E-state index contributed by atoms with van der Waals surface area (Å²) in [7, 11) is 0. The minimum atomic E-state index is 0.319. The zero-order valence-electron chi connectivity index (χ0n) is 11.1. The number of hydrogen-bond acceptors (Lipinski definition) is 5. The fraction of sp³-hybridized carbons (Fsp3) is 0.133. The minimum Gasteiger partial charge on any atom is -0.368 e. The highest BCUT2D eigenvalue weighted by molar-refractivity contribution is 7.10. The smallest absolute Gasteiger partial charge is 0.220 e. The molecule has 0 aliphatic carbocycles. The predicted molar refractivity (Wildman–Crippen MR) is 81.5 cm³/mol. The fourth-order valence-electron chi connectivity index (χ4n) is 2.04. The first-order valence-electron chi connectivity index (χ1n) is 6.30. The van der Waals surface area contributed by atoms with Crippen LogP contribution in [0.15, 0.2) is 41.8 Å². The molecule has 1 aromatic carbocycles. The van der Waals surface area contributed by atoms with Crippen LogP contribution < -0.4 is 5.73 Å². The Morgan fingerprint density at radius 1 is 1.10 bits per heavy atom. The fourth-order valence-corrected chi connectivity index (χ4v) is 2.86. The molecule has 3 aromatic rings. The summed E-state index contributed by atoms with van der Waals surface area (Å²) in [4.78, 5) is 13.0. The van der Waals surface area contributed by atoms with E-state index in [-0.39, 0.29) is 0 Å². The Bertz CT molecular complexity index is 701. The number of thiazole rings is 1. The molecule has 0 fully saturated rings. The predicted octanol–water partition coefficient (Wildman–Crippen LogP) is 3.08. The monoisotopic (exact) mass is 282 g/mol. The molecule has 4 nitrogen and oxygen atoms in total. The molecule has 0 spiro atoms. The second-order valence-electron chi connectivity index (χ2n) is 4.53. The lowest BCUT2D eigenvalue weighted by atomic mass is 10.2. The molecule has 2 N–H and O–H groups in total. The molecular formula is C15H14N4S. The lowest BCUT2D eigenvalue weighted by Crippen LogP contribution is -2.01. The zero-order chi connectivity index (χ0) is 13.9. The third-order valence-corrected chi connectivity index (χ3v) is 3.73. The average Bonchev–Trinajstić information content (AvgIpc) is 2.87. The minimum absolute atomic E-state index is 0.319. The SMILES string of the molecule is Cc1cc(Cc2nc(-c3ccccc3)cs2)nc(N)n1. The van der Waals surface area contributed by atoms with Crippen molar-refractivity contribution in [3.8, 4) is 11.3 Å². The van der Waals surface area contributed by atoms with E-state index < -0.39 is 0 Å². The third-order valence-electron chi connectivity index (χ3n) is 2.88. The summed E-state index contributed by atoms with van der Waals surface area (Å²) < 4.78 is 0. The van der Waals surface area contributed by atoms with Gasteiger partial charge in [-0.05, 0) is 13.0 Å². The van der Waals surface area contributed by atoms with Gasteiger partial charge in [-0.1, -0.05) is 30.3 Å². The van der Waals surface area contributed by atoms with E-state index in [9.17, 15) is 0 Å². The lowest BCUT2D eigenvalue weighted by molar-refractivity contribution is 1.00. The largest absolute Gasteiger partial charge is 0.368 e. The topological polar surface area (TPSA) is 64.7 Å². The van der Waals surface area contributed by atoms with Gasteiger partial charge < -0.3 is 5.73 Å². The van der Waals surface area contributed by atoms with Gasteiger partial charge in [-0.2, -0.15) is 0 Å². The lowest BCUT2D eigenvalue weighted by Gasteiger charge is -2.00. The van der Waals surface area contributed by atoms with Crippen LogP contribution in [0.2, 0.25) is 0 Å². The van der Waals surface area contributed by atoms with Crippen molar-refractivity contribution in [3.05, 3.63) is 58.2 Å². The standard InChI is InChI=1S/C15H14N4S/c1-10-7-12(18-15(16)17-10)8-14-19-13(9-20-14)11-5-3-2-4-6-11/h2-7,9H,8H2,1H3,(H2,16,17,18). The van der Waals surface area contributed by atoms with E-state index in [1.165, 1.54) is 0 Å². The van der Waals surface area contributed by atoms with Crippen molar-refractivity contribution < 1.29 is 0 Å². The van der Waals surface area contributed by atoms with Crippen molar-refractivity contribution in [2.24, 2.45) is 0 Å². The Hall–Kier alpha value is -2.27. The average molecular weight is 282 g/mol. The number of hydrogen-bond donors (Lipinski definition) is 1. The van der Waals surface area contributed by atoms with Crippen LogP contribution in [0.25, 0.3) is 11.3 Å². The maximum atomic E-state index is 5.67. The Morgan fingerprint density at radius 2 is 1.90 bits per heavy atom. The number of nitrogens with zero attached hydrogens (tertiary/aromatic N) is 3. The van der Waals surface area contributed by atoms with Gasteiger partial charge in [0.25, 0.3) is 0 Å². The summed E-state index contributed by atoms with van der Waals surface area (Å²) in [6.07, 6.45) is 0.686. The summed E-state index contributed by atoms with van der Waals surface area (Å²) in [5.41, 5.74) is 9.60. The van der Waals surface area contributed by atoms with Gasteiger partial charge in [0.1, 0.15) is 0 Å². The second kappa shape index (κ2) is 5.38. The van der Waals surface area contributed by atoms with E-state index in [1.54, 1.807) is 11.3 Å². The Morgan fingerprint density at radius 3 is 2.65 bits per heavy atom. The highest BCUT2D eigenvalue weighted by Crippen LogP contribution is 2.23. The van der Waals surface area contributed by atoms with Crippen LogP contribution >= 0.6 is 11.3 Å². The molecule has 3 rings (SSSR count). The van der Waals surface area contributed by atoms with Gasteiger partial charge in [0.15, 0.2) is 0 Å². The molecule has 2 heterocycles. The Labute approximate surface area is 121 Å². The number of nitrogens with two attached hydrogens (primary N) is 1. The molecule has 0 bridgehead atoms. The van der Waals surface area contributed by atoms with Gasteiger partial charge in [0.05, 0.1) is 16.4 Å².